The highest BCUT2D eigenvalue weighted by atomic mass is 16.5. The summed E-state index contributed by atoms with van der Waals surface area (Å²) in [5, 5.41) is 10.2. The number of hydrogen-bond acceptors (Lipinski definition) is 8. The molecular weight excluding hydrogens is 462 g/mol. The average molecular weight is 492 g/mol. The van der Waals surface area contributed by atoms with Gasteiger partial charge in [0.2, 0.25) is 17.7 Å². The molecule has 188 valence electrons. The highest BCUT2D eigenvalue weighted by molar-refractivity contribution is 6.05. The fourth-order valence-electron chi connectivity index (χ4n) is 5.77. The number of piperidine rings is 1. The van der Waals surface area contributed by atoms with Gasteiger partial charge in [0.15, 0.2) is 0 Å². The number of carbonyl (C=O) groups excluding carboxylic acids is 3. The maximum absolute atomic E-state index is 13.0. The third kappa shape index (κ3) is 4.41. The number of amides is 3. The van der Waals surface area contributed by atoms with E-state index in [1.165, 1.54) is 6.42 Å². The van der Waals surface area contributed by atoms with Crippen molar-refractivity contribution < 1.29 is 23.9 Å². The summed E-state index contributed by atoms with van der Waals surface area (Å²) in [4.78, 5) is 40.8. The van der Waals surface area contributed by atoms with Crippen molar-refractivity contribution >= 4 is 17.7 Å². The topological polar surface area (TPSA) is 114 Å². The second kappa shape index (κ2) is 9.50. The monoisotopic (exact) mass is 491 g/mol. The Morgan fingerprint density at radius 3 is 2.67 bits per heavy atom. The molecule has 3 atom stereocenters. The Balaban J connectivity index is 1.09. The van der Waals surface area contributed by atoms with Crippen LogP contribution in [-0.2, 0) is 16.1 Å². The van der Waals surface area contributed by atoms with E-state index in [2.05, 4.69) is 20.4 Å². The molecule has 0 spiro atoms. The fourth-order valence-corrected chi connectivity index (χ4v) is 5.77. The smallest absolute Gasteiger partial charge is 0.255 e. The number of ether oxygens (including phenoxy) is 2. The molecule has 1 aromatic heterocycles. The number of carbonyl (C=O) groups is 3. The van der Waals surface area contributed by atoms with Crippen molar-refractivity contribution in [1.29, 1.82) is 0 Å². The number of benzene rings is 1. The minimum absolute atomic E-state index is 0.0672. The first-order chi connectivity index (χ1) is 17.5. The SMILES string of the molecule is O=C1CCC(N2Cc3cc(O[C@H]4CCCC[C@@H]4N4CC(Oc5cccnn5)C4)ccc3C2=O)C(=O)N1. The van der Waals surface area contributed by atoms with Crippen LogP contribution in [0.1, 0.15) is 54.4 Å². The van der Waals surface area contributed by atoms with Gasteiger partial charge in [0.25, 0.3) is 5.91 Å². The van der Waals surface area contributed by atoms with Crippen LogP contribution in [0.15, 0.2) is 36.5 Å². The van der Waals surface area contributed by atoms with Crippen molar-refractivity contribution in [3.8, 4) is 11.6 Å². The highest BCUT2D eigenvalue weighted by Gasteiger charge is 2.41. The summed E-state index contributed by atoms with van der Waals surface area (Å²) in [7, 11) is 0. The van der Waals surface area contributed by atoms with Gasteiger partial charge in [0.05, 0.1) is 0 Å². The van der Waals surface area contributed by atoms with Crippen LogP contribution in [0, 0.1) is 0 Å². The van der Waals surface area contributed by atoms with E-state index in [0.717, 1.165) is 43.7 Å². The van der Waals surface area contributed by atoms with E-state index in [1.807, 2.05) is 24.3 Å². The zero-order valence-electron chi connectivity index (χ0n) is 20.0. The third-order valence-electron chi connectivity index (χ3n) is 7.63. The minimum Gasteiger partial charge on any atom is -0.489 e. The van der Waals surface area contributed by atoms with Gasteiger partial charge in [-0.15, -0.1) is 5.10 Å². The molecule has 0 bridgehead atoms. The second-order valence-corrected chi connectivity index (χ2v) is 9.98. The van der Waals surface area contributed by atoms with Crippen LogP contribution in [-0.4, -0.2) is 75.1 Å². The molecule has 3 amide bonds. The number of nitrogens with zero attached hydrogens (tertiary/aromatic N) is 4. The molecule has 1 aliphatic carbocycles. The lowest BCUT2D eigenvalue weighted by molar-refractivity contribution is -0.136. The van der Waals surface area contributed by atoms with Crippen molar-refractivity contribution in [2.45, 2.75) is 69.4 Å². The first-order valence-corrected chi connectivity index (χ1v) is 12.7. The predicted octanol–water partition coefficient (Wildman–Crippen LogP) is 1.69. The summed E-state index contributed by atoms with van der Waals surface area (Å²) in [6, 6.07) is 8.92. The molecule has 10 nitrogen and oxygen atoms in total. The third-order valence-corrected chi connectivity index (χ3v) is 7.63. The van der Waals surface area contributed by atoms with Gasteiger partial charge in [0, 0.05) is 49.9 Å². The number of aromatic nitrogens is 2. The molecule has 3 aliphatic heterocycles. The molecule has 36 heavy (non-hydrogen) atoms. The Hall–Kier alpha value is -3.53. The average Bonchev–Trinajstić information content (AvgIpc) is 3.18. The maximum atomic E-state index is 13.0. The maximum Gasteiger partial charge on any atom is 0.255 e. The van der Waals surface area contributed by atoms with E-state index < -0.39 is 11.9 Å². The quantitative estimate of drug-likeness (QED) is 0.608. The molecule has 0 radical (unpaired) electrons. The predicted molar refractivity (Wildman–Crippen MR) is 127 cm³/mol. The molecule has 1 N–H and O–H groups in total. The molecule has 4 heterocycles. The lowest BCUT2D eigenvalue weighted by atomic mass is 9.89. The second-order valence-electron chi connectivity index (χ2n) is 9.98. The van der Waals surface area contributed by atoms with Crippen LogP contribution in [0.3, 0.4) is 0 Å². The van der Waals surface area contributed by atoms with E-state index in [-0.39, 0.29) is 30.4 Å². The van der Waals surface area contributed by atoms with Gasteiger partial charge in [-0.3, -0.25) is 24.6 Å². The Kier molecular flexibility index (Phi) is 6.04. The van der Waals surface area contributed by atoms with Crippen molar-refractivity contribution in [1.82, 2.24) is 25.3 Å². The van der Waals surface area contributed by atoms with Gasteiger partial charge in [-0.25, -0.2) is 0 Å². The van der Waals surface area contributed by atoms with Crippen LogP contribution in [0.2, 0.25) is 0 Å². The fraction of sp³-hybridized carbons (Fsp3) is 0.500. The zero-order chi connectivity index (χ0) is 24.6. The summed E-state index contributed by atoms with van der Waals surface area (Å²) >= 11 is 0. The summed E-state index contributed by atoms with van der Waals surface area (Å²) in [6.45, 7) is 2.01. The van der Waals surface area contributed by atoms with Gasteiger partial charge in [-0.1, -0.05) is 6.42 Å². The number of nitrogens with one attached hydrogen (secondary N) is 1. The molecule has 2 saturated heterocycles. The van der Waals surface area contributed by atoms with Gasteiger partial charge < -0.3 is 14.4 Å². The Morgan fingerprint density at radius 1 is 1.00 bits per heavy atom. The van der Waals surface area contributed by atoms with Crippen LogP contribution >= 0.6 is 0 Å². The normalized spacial score (nSPS) is 26.8. The van der Waals surface area contributed by atoms with E-state index >= 15 is 0 Å². The summed E-state index contributed by atoms with van der Waals surface area (Å²) in [5.41, 5.74) is 1.45. The number of fused-ring (bicyclic) bond motifs is 1. The van der Waals surface area contributed by atoms with Gasteiger partial charge >= 0.3 is 0 Å². The number of imide groups is 1. The van der Waals surface area contributed by atoms with Gasteiger partial charge in [0.1, 0.15) is 24.0 Å². The number of hydrogen-bond donors (Lipinski definition) is 1. The highest BCUT2D eigenvalue weighted by Crippen LogP contribution is 2.34. The largest absolute Gasteiger partial charge is 0.489 e. The molecule has 4 aliphatic rings. The van der Waals surface area contributed by atoms with Crippen LogP contribution in [0.25, 0.3) is 0 Å². The van der Waals surface area contributed by atoms with E-state index in [9.17, 15) is 14.4 Å². The molecular formula is C26H29N5O5. The first kappa shape index (κ1) is 22.9. The van der Waals surface area contributed by atoms with E-state index in [1.54, 1.807) is 17.2 Å². The van der Waals surface area contributed by atoms with Gasteiger partial charge in [-0.05, 0) is 55.5 Å². The van der Waals surface area contributed by atoms with Crippen molar-refractivity contribution in [2.75, 3.05) is 13.1 Å². The Morgan fingerprint density at radius 2 is 1.86 bits per heavy atom. The molecule has 1 unspecified atom stereocenters. The number of rotatable bonds is 6. The lowest BCUT2D eigenvalue weighted by Gasteiger charge is -2.47. The molecule has 3 fully saturated rings. The van der Waals surface area contributed by atoms with Crippen LogP contribution in [0.4, 0.5) is 0 Å². The summed E-state index contributed by atoms with van der Waals surface area (Å²) in [6.07, 6.45) is 6.77. The first-order valence-electron chi connectivity index (χ1n) is 12.7. The molecule has 1 saturated carbocycles. The van der Waals surface area contributed by atoms with Crippen LogP contribution < -0.4 is 14.8 Å². The molecule has 6 rings (SSSR count). The number of likely N-dealkylation sites (tertiary alicyclic amines) is 1. The zero-order valence-corrected chi connectivity index (χ0v) is 20.0. The molecule has 2 aromatic rings. The van der Waals surface area contributed by atoms with Gasteiger partial charge in [-0.2, -0.15) is 5.10 Å². The van der Waals surface area contributed by atoms with Crippen molar-refractivity contribution in [2.24, 2.45) is 0 Å². The van der Waals surface area contributed by atoms with Crippen molar-refractivity contribution in [3.63, 3.8) is 0 Å². The van der Waals surface area contributed by atoms with E-state index in [4.69, 9.17) is 9.47 Å². The summed E-state index contributed by atoms with van der Waals surface area (Å²) in [5.74, 6) is 0.447. The minimum atomic E-state index is -0.613. The van der Waals surface area contributed by atoms with Crippen molar-refractivity contribution in [3.05, 3.63) is 47.7 Å². The Labute approximate surface area is 208 Å². The Bertz CT molecular complexity index is 1170. The molecule has 10 heteroatoms. The molecule has 1 aromatic carbocycles. The van der Waals surface area contributed by atoms with E-state index in [0.29, 0.717) is 30.5 Å². The summed E-state index contributed by atoms with van der Waals surface area (Å²) < 4.78 is 12.4. The lowest BCUT2D eigenvalue weighted by Crippen LogP contribution is -2.62. The van der Waals surface area contributed by atoms with Crippen LogP contribution in [0.5, 0.6) is 11.6 Å². The standard InChI is InChI=1S/C26H29N5O5/c32-23-10-9-21(25(33)28-23)31-13-16-12-17(7-8-19(16)26(31)34)35-22-5-2-1-4-20(22)30-14-18(15-30)36-24-6-3-11-27-29-24/h3,6-8,11-12,18,20-22H,1-2,4-5,9-10,13-15H2,(H,28,32,33)/t20-,21?,22-/m0/s1.